The molecule has 98 valence electrons. The number of carbonyl (C=O) groups is 2. The quantitative estimate of drug-likeness (QED) is 0.702. The molecule has 0 unspecified atom stereocenters. The van der Waals surface area contributed by atoms with Gasteiger partial charge in [-0.2, -0.15) is 0 Å². The highest BCUT2D eigenvalue weighted by Crippen LogP contribution is 2.15. The second-order valence-corrected chi connectivity index (χ2v) is 4.38. The summed E-state index contributed by atoms with van der Waals surface area (Å²) in [6, 6.07) is -0.248. The third kappa shape index (κ3) is 3.43. The topological polar surface area (TPSA) is 69.6 Å². The summed E-state index contributed by atoms with van der Waals surface area (Å²) in [5.74, 6) is -0.115. The zero-order valence-electron chi connectivity index (χ0n) is 10.6. The number of nitrogens with zero attached hydrogens (tertiary/aromatic N) is 1. The molecule has 17 heavy (non-hydrogen) atoms. The number of carbonyl (C=O) groups excluding carboxylic acids is 2. The highest BCUT2D eigenvalue weighted by molar-refractivity contribution is 5.90. The van der Waals surface area contributed by atoms with Gasteiger partial charge < -0.3 is 15.3 Å². The highest BCUT2D eigenvalue weighted by Gasteiger charge is 2.32. The fourth-order valence-corrected chi connectivity index (χ4v) is 2.31. The van der Waals surface area contributed by atoms with Crippen LogP contribution in [0.3, 0.4) is 0 Å². The molecule has 1 atom stereocenters. The van der Waals surface area contributed by atoms with Gasteiger partial charge in [-0.05, 0) is 19.3 Å². The van der Waals surface area contributed by atoms with Gasteiger partial charge in [-0.1, -0.05) is 13.8 Å². The Bertz CT molecular complexity index is 277. The van der Waals surface area contributed by atoms with E-state index in [4.69, 9.17) is 5.11 Å². The van der Waals surface area contributed by atoms with E-state index >= 15 is 0 Å². The van der Waals surface area contributed by atoms with Gasteiger partial charge in [0.25, 0.3) is 0 Å². The van der Waals surface area contributed by atoms with Crippen molar-refractivity contribution in [2.45, 2.75) is 51.6 Å². The Kier molecular flexibility index (Phi) is 5.41. The van der Waals surface area contributed by atoms with Gasteiger partial charge in [-0.15, -0.1) is 0 Å². The van der Waals surface area contributed by atoms with Gasteiger partial charge in [0.15, 0.2) is 0 Å². The smallest absolute Gasteiger partial charge is 0.245 e. The lowest BCUT2D eigenvalue weighted by molar-refractivity contribution is -0.137. The Morgan fingerprint density at radius 3 is 2.59 bits per heavy atom. The van der Waals surface area contributed by atoms with Gasteiger partial charge in [0.05, 0.1) is 6.61 Å². The summed E-state index contributed by atoms with van der Waals surface area (Å²) < 4.78 is 0. The van der Waals surface area contributed by atoms with Crippen molar-refractivity contribution < 1.29 is 14.7 Å². The summed E-state index contributed by atoms with van der Waals surface area (Å²) in [7, 11) is 0. The van der Waals surface area contributed by atoms with Crippen LogP contribution in [-0.4, -0.2) is 47.1 Å². The molecule has 0 spiro atoms. The minimum absolute atomic E-state index is 0.0388. The number of rotatable bonds is 6. The Balaban J connectivity index is 2.68. The normalized spacial score (nSPS) is 19.5. The first-order chi connectivity index (χ1) is 8.13. The standard InChI is InChI=1S/C12H22N2O3/c1-3-9(4-2)14(7-8-15)12(17)10-5-6-11(16)13-10/h9-10,15H,3-8H2,1-2H3,(H,13,16)/t10-/m0/s1. The highest BCUT2D eigenvalue weighted by atomic mass is 16.3. The van der Waals surface area contributed by atoms with E-state index in [1.165, 1.54) is 0 Å². The molecule has 0 aliphatic carbocycles. The molecule has 0 aromatic rings. The van der Waals surface area contributed by atoms with Crippen LogP contribution in [0.15, 0.2) is 0 Å². The van der Waals surface area contributed by atoms with E-state index in [0.29, 0.717) is 19.4 Å². The molecule has 1 fully saturated rings. The molecule has 5 nitrogen and oxygen atoms in total. The van der Waals surface area contributed by atoms with Gasteiger partial charge >= 0.3 is 0 Å². The van der Waals surface area contributed by atoms with E-state index in [2.05, 4.69) is 5.32 Å². The molecular formula is C12H22N2O3. The van der Waals surface area contributed by atoms with Crippen LogP contribution in [0.1, 0.15) is 39.5 Å². The first-order valence-electron chi connectivity index (χ1n) is 6.34. The average molecular weight is 242 g/mol. The van der Waals surface area contributed by atoms with Crippen LogP contribution in [0.2, 0.25) is 0 Å². The maximum atomic E-state index is 12.2. The molecule has 1 aliphatic rings. The Labute approximate surface area is 102 Å². The molecule has 0 bridgehead atoms. The molecule has 2 N–H and O–H groups in total. The zero-order valence-corrected chi connectivity index (χ0v) is 10.6. The minimum Gasteiger partial charge on any atom is -0.395 e. The molecule has 0 aromatic heterocycles. The monoisotopic (exact) mass is 242 g/mol. The van der Waals surface area contributed by atoms with Gasteiger partial charge in [-0.3, -0.25) is 9.59 Å². The Hall–Kier alpha value is -1.10. The number of hydrogen-bond acceptors (Lipinski definition) is 3. The predicted molar refractivity (Wildman–Crippen MR) is 64.3 cm³/mol. The molecule has 0 radical (unpaired) electrons. The van der Waals surface area contributed by atoms with Crippen LogP contribution in [0.25, 0.3) is 0 Å². The van der Waals surface area contributed by atoms with Crippen LogP contribution in [0, 0.1) is 0 Å². The van der Waals surface area contributed by atoms with Crippen LogP contribution < -0.4 is 5.32 Å². The number of amides is 2. The lowest BCUT2D eigenvalue weighted by Gasteiger charge is -2.32. The third-order valence-electron chi connectivity index (χ3n) is 3.30. The molecule has 2 amide bonds. The van der Waals surface area contributed by atoms with E-state index in [0.717, 1.165) is 12.8 Å². The minimum atomic E-state index is -0.394. The maximum absolute atomic E-state index is 12.2. The SMILES string of the molecule is CCC(CC)N(CCO)C(=O)[C@@H]1CCC(=O)N1. The van der Waals surface area contributed by atoms with Crippen molar-refractivity contribution >= 4 is 11.8 Å². The maximum Gasteiger partial charge on any atom is 0.245 e. The summed E-state index contributed by atoms with van der Waals surface area (Å²) in [5, 5.41) is 11.7. The van der Waals surface area contributed by atoms with Crippen molar-refractivity contribution in [2.24, 2.45) is 0 Å². The van der Waals surface area contributed by atoms with Gasteiger partial charge in [0, 0.05) is 19.0 Å². The number of aliphatic hydroxyl groups excluding tert-OH is 1. The van der Waals surface area contributed by atoms with Gasteiger partial charge in [0.1, 0.15) is 6.04 Å². The van der Waals surface area contributed by atoms with E-state index in [1.807, 2.05) is 13.8 Å². The lowest BCUT2D eigenvalue weighted by atomic mass is 10.1. The zero-order chi connectivity index (χ0) is 12.8. The summed E-state index contributed by atoms with van der Waals surface area (Å²) in [6.07, 6.45) is 2.72. The van der Waals surface area contributed by atoms with Gasteiger partial charge in [0.2, 0.25) is 11.8 Å². The fourth-order valence-electron chi connectivity index (χ4n) is 2.31. The van der Waals surface area contributed by atoms with E-state index in [9.17, 15) is 9.59 Å². The van der Waals surface area contributed by atoms with E-state index < -0.39 is 6.04 Å². The van der Waals surface area contributed by atoms with Crippen molar-refractivity contribution in [1.29, 1.82) is 0 Å². The molecule has 0 saturated carbocycles. The van der Waals surface area contributed by atoms with Crippen molar-refractivity contribution in [2.75, 3.05) is 13.2 Å². The first-order valence-corrected chi connectivity index (χ1v) is 6.34. The summed E-state index contributed by atoms with van der Waals surface area (Å²) in [6.45, 7) is 4.36. The molecule has 5 heteroatoms. The first kappa shape index (κ1) is 14.0. The van der Waals surface area contributed by atoms with E-state index in [-0.39, 0.29) is 24.5 Å². The molecular weight excluding hydrogens is 220 g/mol. The Morgan fingerprint density at radius 2 is 2.18 bits per heavy atom. The molecule has 1 rings (SSSR count). The van der Waals surface area contributed by atoms with E-state index in [1.54, 1.807) is 4.90 Å². The van der Waals surface area contributed by atoms with Crippen LogP contribution in [0.5, 0.6) is 0 Å². The molecule has 1 aliphatic heterocycles. The van der Waals surface area contributed by atoms with Crippen LogP contribution in [-0.2, 0) is 9.59 Å². The van der Waals surface area contributed by atoms with Gasteiger partial charge in [-0.25, -0.2) is 0 Å². The fraction of sp³-hybridized carbons (Fsp3) is 0.833. The second-order valence-electron chi connectivity index (χ2n) is 4.38. The Morgan fingerprint density at radius 1 is 1.53 bits per heavy atom. The number of nitrogens with one attached hydrogen (secondary N) is 1. The number of aliphatic hydroxyl groups is 1. The summed E-state index contributed by atoms with van der Waals surface area (Å²) in [4.78, 5) is 25.1. The molecule has 1 heterocycles. The molecule has 0 aromatic carbocycles. The number of hydrogen-bond donors (Lipinski definition) is 2. The van der Waals surface area contributed by atoms with Crippen LogP contribution in [0.4, 0.5) is 0 Å². The van der Waals surface area contributed by atoms with Crippen molar-refractivity contribution in [1.82, 2.24) is 10.2 Å². The molecule has 1 saturated heterocycles. The second kappa shape index (κ2) is 6.59. The lowest BCUT2D eigenvalue weighted by Crippen LogP contribution is -2.49. The summed E-state index contributed by atoms with van der Waals surface area (Å²) >= 11 is 0. The summed E-state index contributed by atoms with van der Waals surface area (Å²) in [5.41, 5.74) is 0. The largest absolute Gasteiger partial charge is 0.395 e. The predicted octanol–water partition coefficient (Wildman–Crippen LogP) is 0.274. The average Bonchev–Trinajstić information content (AvgIpc) is 2.75. The van der Waals surface area contributed by atoms with Crippen molar-refractivity contribution in [3.05, 3.63) is 0 Å². The van der Waals surface area contributed by atoms with Crippen molar-refractivity contribution in [3.63, 3.8) is 0 Å². The van der Waals surface area contributed by atoms with Crippen molar-refractivity contribution in [3.8, 4) is 0 Å². The third-order valence-corrected chi connectivity index (χ3v) is 3.30. The van der Waals surface area contributed by atoms with Crippen LogP contribution >= 0.6 is 0 Å².